The van der Waals surface area contributed by atoms with Crippen LogP contribution in [0.15, 0.2) is 67.3 Å². The van der Waals surface area contributed by atoms with Gasteiger partial charge in [0.15, 0.2) is 0 Å². The first-order valence-electron chi connectivity index (χ1n) is 12.5. The molecule has 1 saturated heterocycles. The summed E-state index contributed by atoms with van der Waals surface area (Å²) in [6, 6.07) is 17.3. The first kappa shape index (κ1) is 25.9. The molecule has 3 unspecified atom stereocenters. The molecule has 3 atom stereocenters. The zero-order valence-corrected chi connectivity index (χ0v) is 21.2. The molecule has 0 aromatic heterocycles. The fourth-order valence-electron chi connectivity index (χ4n) is 6.01. The van der Waals surface area contributed by atoms with Crippen LogP contribution in [0.1, 0.15) is 43.7 Å². The maximum absolute atomic E-state index is 12.7. The lowest BCUT2D eigenvalue weighted by atomic mass is 9.55. The average Bonchev–Trinajstić information content (AvgIpc) is 2.88. The van der Waals surface area contributed by atoms with E-state index in [9.17, 15) is 9.59 Å². The van der Waals surface area contributed by atoms with Gasteiger partial charge in [-0.15, -0.1) is 6.58 Å². The number of rotatable bonds is 8. The van der Waals surface area contributed by atoms with E-state index in [-0.39, 0.29) is 24.0 Å². The van der Waals surface area contributed by atoms with E-state index in [0.29, 0.717) is 12.2 Å². The molecular formula is C29H36N2O5. The van der Waals surface area contributed by atoms with Crippen LogP contribution in [0.5, 0.6) is 5.75 Å². The molecule has 1 amide bonds. The topological polar surface area (TPSA) is 77.1 Å². The van der Waals surface area contributed by atoms with E-state index in [2.05, 4.69) is 22.9 Å². The molecule has 1 heterocycles. The van der Waals surface area contributed by atoms with Crippen LogP contribution in [0.25, 0.3) is 0 Å². The Labute approximate surface area is 213 Å². The van der Waals surface area contributed by atoms with Crippen LogP contribution in [0.4, 0.5) is 4.79 Å². The van der Waals surface area contributed by atoms with Crippen molar-refractivity contribution >= 4 is 12.1 Å². The molecular weight excluding hydrogens is 456 g/mol. The van der Waals surface area contributed by atoms with Crippen molar-refractivity contribution in [2.24, 2.45) is 0 Å². The predicted octanol–water partition coefficient (Wildman–Crippen LogP) is 4.61. The lowest BCUT2D eigenvalue weighted by Crippen LogP contribution is -2.68. The van der Waals surface area contributed by atoms with Crippen LogP contribution in [0.3, 0.4) is 0 Å². The van der Waals surface area contributed by atoms with Crippen molar-refractivity contribution in [2.45, 2.75) is 56.3 Å². The van der Waals surface area contributed by atoms with E-state index in [1.165, 1.54) is 6.92 Å². The normalized spacial score (nSPS) is 25.9. The number of ether oxygens (including phenoxy) is 3. The number of hydrogen-bond acceptors (Lipinski definition) is 6. The fraction of sp³-hybridized carbons (Fsp3) is 0.448. The number of hydrogen-bond donors (Lipinski definition) is 1. The highest BCUT2D eigenvalue weighted by Crippen LogP contribution is 2.53. The molecule has 7 nitrogen and oxygen atoms in total. The third kappa shape index (κ3) is 5.47. The summed E-state index contributed by atoms with van der Waals surface area (Å²) >= 11 is 0. The molecule has 0 spiro atoms. The van der Waals surface area contributed by atoms with Crippen LogP contribution >= 0.6 is 0 Å². The van der Waals surface area contributed by atoms with Crippen LogP contribution in [-0.2, 0) is 26.3 Å². The third-order valence-corrected chi connectivity index (χ3v) is 7.66. The number of piperidine rings is 1. The van der Waals surface area contributed by atoms with E-state index in [0.717, 1.165) is 50.0 Å². The highest BCUT2D eigenvalue weighted by molar-refractivity contribution is 5.69. The van der Waals surface area contributed by atoms with Crippen LogP contribution in [0, 0.1) is 0 Å². The summed E-state index contributed by atoms with van der Waals surface area (Å²) in [5, 5.41) is 3.11. The molecule has 192 valence electrons. The maximum Gasteiger partial charge on any atom is 0.407 e. The number of nitrogens with one attached hydrogen (secondary N) is 1. The predicted molar refractivity (Wildman–Crippen MR) is 138 cm³/mol. The minimum atomic E-state index is -0.449. The molecule has 0 bridgehead atoms. The van der Waals surface area contributed by atoms with E-state index in [1.54, 1.807) is 13.2 Å². The molecule has 2 aromatic rings. The van der Waals surface area contributed by atoms with Crippen molar-refractivity contribution in [3.63, 3.8) is 0 Å². The number of carbonyl (C=O) groups is 2. The van der Waals surface area contributed by atoms with Crippen molar-refractivity contribution in [1.82, 2.24) is 10.2 Å². The van der Waals surface area contributed by atoms with Crippen molar-refractivity contribution in [3.05, 3.63) is 78.4 Å². The molecule has 1 aliphatic carbocycles. The van der Waals surface area contributed by atoms with Crippen LogP contribution in [-0.4, -0.2) is 55.3 Å². The van der Waals surface area contributed by atoms with Gasteiger partial charge in [-0.05, 0) is 55.5 Å². The quantitative estimate of drug-likeness (QED) is 0.330. The number of nitrogens with zero attached hydrogens (tertiary/aromatic N) is 1. The number of benzene rings is 2. The number of esters is 1. The molecule has 1 N–H and O–H groups in total. The second-order valence-corrected chi connectivity index (χ2v) is 9.82. The smallest absolute Gasteiger partial charge is 0.407 e. The van der Waals surface area contributed by atoms with Crippen molar-refractivity contribution in [1.29, 1.82) is 0 Å². The van der Waals surface area contributed by atoms with Gasteiger partial charge in [-0.25, -0.2) is 4.79 Å². The number of fused-ring (bicyclic) bond motifs is 1. The summed E-state index contributed by atoms with van der Waals surface area (Å²) in [6.07, 6.45) is 4.61. The molecule has 2 aliphatic rings. The van der Waals surface area contributed by atoms with Crippen LogP contribution in [0.2, 0.25) is 0 Å². The first-order chi connectivity index (χ1) is 17.4. The summed E-state index contributed by atoms with van der Waals surface area (Å²) in [4.78, 5) is 26.7. The molecule has 1 aliphatic heterocycles. The zero-order valence-electron chi connectivity index (χ0n) is 21.2. The summed E-state index contributed by atoms with van der Waals surface area (Å²) in [7, 11) is 1.78. The summed E-state index contributed by atoms with van der Waals surface area (Å²) < 4.78 is 17.3. The van der Waals surface area contributed by atoms with Crippen molar-refractivity contribution < 1.29 is 23.8 Å². The fourth-order valence-corrected chi connectivity index (χ4v) is 6.01. The van der Waals surface area contributed by atoms with Gasteiger partial charge in [-0.1, -0.05) is 48.5 Å². The van der Waals surface area contributed by atoms with Gasteiger partial charge in [-0.3, -0.25) is 9.69 Å². The van der Waals surface area contributed by atoms with E-state index in [1.807, 2.05) is 48.5 Å². The van der Waals surface area contributed by atoms with Crippen LogP contribution < -0.4 is 10.1 Å². The Morgan fingerprint density at radius 2 is 1.97 bits per heavy atom. The van der Waals surface area contributed by atoms with Gasteiger partial charge < -0.3 is 19.5 Å². The number of amides is 1. The lowest BCUT2D eigenvalue weighted by Gasteiger charge is -2.59. The Bertz CT molecular complexity index is 1070. The van der Waals surface area contributed by atoms with Crippen molar-refractivity contribution in [3.8, 4) is 5.75 Å². The van der Waals surface area contributed by atoms with Gasteiger partial charge in [0, 0.05) is 38.6 Å². The number of methoxy groups -OCH3 is 1. The zero-order chi connectivity index (χ0) is 25.6. The molecule has 0 radical (unpaired) electrons. The van der Waals surface area contributed by atoms with Gasteiger partial charge in [0.25, 0.3) is 0 Å². The molecule has 7 heteroatoms. The number of likely N-dealkylation sites (tertiary alicyclic amines) is 1. The van der Waals surface area contributed by atoms with E-state index < -0.39 is 11.7 Å². The molecule has 4 rings (SSSR count). The number of carbonyl (C=O) groups excluding carboxylic acids is 2. The monoisotopic (exact) mass is 492 g/mol. The Morgan fingerprint density at radius 1 is 1.17 bits per heavy atom. The van der Waals surface area contributed by atoms with Gasteiger partial charge in [0.2, 0.25) is 0 Å². The molecule has 1 saturated carbocycles. The maximum atomic E-state index is 12.7. The summed E-state index contributed by atoms with van der Waals surface area (Å²) in [5.41, 5.74) is 1.19. The van der Waals surface area contributed by atoms with Gasteiger partial charge >= 0.3 is 12.1 Å². The Morgan fingerprint density at radius 3 is 2.69 bits per heavy atom. The Kier molecular flexibility index (Phi) is 8.11. The first-order valence-corrected chi connectivity index (χ1v) is 12.5. The largest absolute Gasteiger partial charge is 0.445 e. The summed E-state index contributed by atoms with van der Waals surface area (Å²) in [6.45, 7) is 7.98. The molecule has 36 heavy (non-hydrogen) atoms. The minimum absolute atomic E-state index is 0.0696. The molecule has 2 aromatic carbocycles. The highest BCUT2D eigenvalue weighted by Gasteiger charge is 2.59. The second kappa shape index (κ2) is 11.3. The third-order valence-electron chi connectivity index (χ3n) is 7.66. The Balaban J connectivity index is 1.58. The minimum Gasteiger partial charge on any atom is -0.445 e. The number of alkyl carbamates (subject to hydrolysis) is 1. The second-order valence-electron chi connectivity index (χ2n) is 9.82. The van der Waals surface area contributed by atoms with Crippen molar-refractivity contribution in [2.75, 3.05) is 26.7 Å². The van der Waals surface area contributed by atoms with Gasteiger partial charge in [0.05, 0.1) is 5.60 Å². The lowest BCUT2D eigenvalue weighted by molar-refractivity contribution is -0.147. The summed E-state index contributed by atoms with van der Waals surface area (Å²) in [5.74, 6) is 0.165. The average molecular weight is 493 g/mol. The van der Waals surface area contributed by atoms with Gasteiger partial charge in [0.1, 0.15) is 12.4 Å². The van der Waals surface area contributed by atoms with E-state index in [4.69, 9.17) is 14.2 Å². The standard InChI is InChI=1S/C29H36N2O5/c1-4-16-31-17-15-28(24-11-8-12-26(18-24)36-22(2)32)19-25(13-14-29(28,21-31)34-3)30-27(33)35-20-23-9-6-5-7-10-23/h4-12,18,25H,1,13-17,19-21H2,2-3H3,(H,30,33). The van der Waals surface area contributed by atoms with Gasteiger partial charge in [-0.2, -0.15) is 0 Å². The van der Waals surface area contributed by atoms with E-state index >= 15 is 0 Å². The Hall–Kier alpha value is -3.16. The highest BCUT2D eigenvalue weighted by atomic mass is 16.5. The SMILES string of the molecule is C=CCN1CCC2(c3cccc(OC(C)=O)c3)CC(NC(=O)OCc3ccccc3)CCC2(OC)C1. The molecule has 2 fully saturated rings.